The first-order valence-corrected chi connectivity index (χ1v) is 9.86. The zero-order valence-electron chi connectivity index (χ0n) is 11.9. The van der Waals surface area contributed by atoms with Crippen LogP contribution in [0.2, 0.25) is 0 Å². The number of thioether (sulfide) groups is 1. The van der Waals surface area contributed by atoms with Crippen molar-refractivity contribution in [3.8, 4) is 0 Å². The molecule has 0 aromatic carbocycles. The van der Waals surface area contributed by atoms with Crippen molar-refractivity contribution < 1.29 is 4.79 Å². The fourth-order valence-electron chi connectivity index (χ4n) is 3.49. The summed E-state index contributed by atoms with van der Waals surface area (Å²) in [5.41, 5.74) is 0.0260. The first kappa shape index (κ1) is 15.7. The van der Waals surface area contributed by atoms with Gasteiger partial charge in [0.25, 0.3) is 0 Å². The van der Waals surface area contributed by atoms with Gasteiger partial charge in [-0.2, -0.15) is 11.8 Å². The van der Waals surface area contributed by atoms with Gasteiger partial charge in [0.2, 0.25) is 5.91 Å². The van der Waals surface area contributed by atoms with E-state index in [1.54, 1.807) is 0 Å². The maximum absolute atomic E-state index is 12.3. The lowest BCUT2D eigenvalue weighted by atomic mass is 9.77. The van der Waals surface area contributed by atoms with Crippen LogP contribution in [0, 0.1) is 11.8 Å². The molecule has 1 amide bonds. The summed E-state index contributed by atoms with van der Waals surface area (Å²) in [6.45, 7) is 2.31. The van der Waals surface area contributed by atoms with Gasteiger partial charge in [0, 0.05) is 17.3 Å². The first-order valence-electron chi connectivity index (χ1n) is 7.58. The molecule has 2 fully saturated rings. The third kappa shape index (κ3) is 4.66. The fraction of sp³-hybridized carbons (Fsp3) is 0.933. The molecule has 1 aliphatic carbocycles. The van der Waals surface area contributed by atoms with E-state index in [0.717, 1.165) is 30.5 Å². The van der Waals surface area contributed by atoms with E-state index in [1.165, 1.54) is 37.2 Å². The predicted octanol–water partition coefficient (Wildman–Crippen LogP) is 3.98. The lowest BCUT2D eigenvalue weighted by Gasteiger charge is -2.40. The summed E-state index contributed by atoms with van der Waals surface area (Å²) in [7, 11) is 0. The molecule has 2 unspecified atom stereocenters. The normalized spacial score (nSPS) is 33.1. The molecule has 1 saturated heterocycles. The topological polar surface area (TPSA) is 29.1 Å². The highest BCUT2D eigenvalue weighted by atomic mass is 79.9. The summed E-state index contributed by atoms with van der Waals surface area (Å²) in [5, 5.41) is 4.27. The van der Waals surface area contributed by atoms with E-state index in [1.807, 2.05) is 11.8 Å². The van der Waals surface area contributed by atoms with E-state index in [9.17, 15) is 4.79 Å². The van der Waals surface area contributed by atoms with Crippen LogP contribution in [0.1, 0.15) is 51.9 Å². The van der Waals surface area contributed by atoms with Crippen LogP contribution >= 0.6 is 27.7 Å². The van der Waals surface area contributed by atoms with Crippen LogP contribution in [0.5, 0.6) is 0 Å². The number of halogens is 1. The largest absolute Gasteiger partial charge is 0.350 e. The van der Waals surface area contributed by atoms with E-state index >= 15 is 0 Å². The molecule has 1 aliphatic heterocycles. The van der Waals surface area contributed by atoms with E-state index in [0.29, 0.717) is 5.92 Å². The predicted molar refractivity (Wildman–Crippen MR) is 87.0 cm³/mol. The van der Waals surface area contributed by atoms with Crippen LogP contribution in [0.3, 0.4) is 0 Å². The zero-order chi connectivity index (χ0) is 13.7. The molecule has 0 aromatic rings. The minimum atomic E-state index is 0.0260. The second kappa shape index (κ2) is 7.35. The van der Waals surface area contributed by atoms with Gasteiger partial charge in [0.05, 0.1) is 0 Å². The molecule has 2 aliphatic rings. The maximum atomic E-state index is 12.3. The summed E-state index contributed by atoms with van der Waals surface area (Å²) in [6.07, 6.45) is 7.99. The van der Waals surface area contributed by atoms with Crippen molar-refractivity contribution in [2.24, 2.45) is 11.8 Å². The molecule has 0 radical (unpaired) electrons. The quantitative estimate of drug-likeness (QED) is 0.779. The molecule has 4 heteroatoms. The molecule has 2 nitrogen and oxygen atoms in total. The number of hydrogen-bond donors (Lipinski definition) is 1. The average Bonchev–Trinajstić information content (AvgIpc) is 2.39. The Bertz CT molecular complexity index is 307. The van der Waals surface area contributed by atoms with Crippen molar-refractivity contribution in [2.45, 2.75) is 57.4 Å². The number of nitrogens with one attached hydrogen (secondary N) is 1. The molecule has 2 rings (SSSR count). The number of carbonyl (C=O) groups is 1. The highest BCUT2D eigenvalue weighted by Gasteiger charge is 2.35. The molecule has 1 heterocycles. The molecule has 110 valence electrons. The van der Waals surface area contributed by atoms with Gasteiger partial charge in [-0.1, -0.05) is 35.7 Å². The van der Waals surface area contributed by atoms with Crippen molar-refractivity contribution in [1.29, 1.82) is 0 Å². The second-order valence-electron chi connectivity index (χ2n) is 6.42. The van der Waals surface area contributed by atoms with Gasteiger partial charge in [-0.3, -0.25) is 4.79 Å². The summed E-state index contributed by atoms with van der Waals surface area (Å²) in [6, 6.07) is 0. The Morgan fingerprint density at radius 1 is 1.37 bits per heavy atom. The van der Waals surface area contributed by atoms with Crippen molar-refractivity contribution >= 4 is 33.6 Å². The molecule has 1 saturated carbocycles. The highest BCUT2D eigenvalue weighted by Crippen LogP contribution is 2.34. The van der Waals surface area contributed by atoms with Crippen molar-refractivity contribution in [3.05, 3.63) is 0 Å². The Balaban J connectivity index is 1.84. The first-order chi connectivity index (χ1) is 9.13. The number of carbonyl (C=O) groups excluding carboxylic acids is 1. The van der Waals surface area contributed by atoms with Crippen LogP contribution in [-0.2, 0) is 4.79 Å². The Labute approximate surface area is 130 Å². The third-order valence-corrected chi connectivity index (χ3v) is 6.69. The molecule has 2 atom stereocenters. The summed E-state index contributed by atoms with van der Waals surface area (Å²) < 4.78 is 0. The Hall–Kier alpha value is 0.300. The molecular weight excluding hydrogens is 322 g/mol. The van der Waals surface area contributed by atoms with Gasteiger partial charge < -0.3 is 5.32 Å². The number of rotatable bonds is 4. The van der Waals surface area contributed by atoms with Crippen molar-refractivity contribution in [3.63, 3.8) is 0 Å². The van der Waals surface area contributed by atoms with Crippen LogP contribution in [0.25, 0.3) is 0 Å². The van der Waals surface area contributed by atoms with E-state index in [-0.39, 0.29) is 11.4 Å². The Morgan fingerprint density at radius 2 is 2.11 bits per heavy atom. The minimum Gasteiger partial charge on any atom is -0.350 e. The van der Waals surface area contributed by atoms with Crippen molar-refractivity contribution in [2.75, 3.05) is 16.8 Å². The van der Waals surface area contributed by atoms with Crippen LogP contribution in [-0.4, -0.2) is 28.3 Å². The van der Waals surface area contributed by atoms with Crippen LogP contribution in [0.15, 0.2) is 0 Å². The number of hydrogen-bond acceptors (Lipinski definition) is 2. The van der Waals surface area contributed by atoms with E-state index in [4.69, 9.17) is 0 Å². The monoisotopic (exact) mass is 347 g/mol. The number of amides is 1. The van der Waals surface area contributed by atoms with Crippen molar-refractivity contribution in [1.82, 2.24) is 5.32 Å². The molecule has 19 heavy (non-hydrogen) atoms. The standard InChI is InChI=1S/C15H26BrNOS/c1-12-3-2-6-15(10-12,11-16)17-14(18)9-13-4-7-19-8-5-13/h12-13H,2-11H2,1H3,(H,17,18). The molecule has 0 aromatic heterocycles. The molecule has 0 spiro atoms. The minimum absolute atomic E-state index is 0.0260. The number of alkyl halides is 1. The summed E-state index contributed by atoms with van der Waals surface area (Å²) in [4.78, 5) is 12.3. The summed E-state index contributed by atoms with van der Waals surface area (Å²) in [5.74, 6) is 4.11. The highest BCUT2D eigenvalue weighted by molar-refractivity contribution is 9.09. The third-order valence-electron chi connectivity index (χ3n) is 4.57. The second-order valence-corrected chi connectivity index (χ2v) is 8.21. The Morgan fingerprint density at radius 3 is 2.74 bits per heavy atom. The Kier molecular flexibility index (Phi) is 6.07. The molecular formula is C15H26BrNOS. The lowest BCUT2D eigenvalue weighted by molar-refractivity contribution is -0.124. The van der Waals surface area contributed by atoms with Gasteiger partial charge in [-0.25, -0.2) is 0 Å². The van der Waals surface area contributed by atoms with Crippen LogP contribution in [0.4, 0.5) is 0 Å². The lowest BCUT2D eigenvalue weighted by Crippen LogP contribution is -2.52. The summed E-state index contributed by atoms with van der Waals surface area (Å²) >= 11 is 5.66. The SMILES string of the molecule is CC1CCCC(CBr)(NC(=O)CC2CCSCC2)C1. The van der Waals surface area contributed by atoms with Gasteiger partial charge in [-0.15, -0.1) is 0 Å². The van der Waals surface area contributed by atoms with Gasteiger partial charge in [0.1, 0.15) is 0 Å². The maximum Gasteiger partial charge on any atom is 0.220 e. The van der Waals surface area contributed by atoms with Gasteiger partial charge in [0.15, 0.2) is 0 Å². The van der Waals surface area contributed by atoms with E-state index in [2.05, 4.69) is 28.2 Å². The van der Waals surface area contributed by atoms with Gasteiger partial charge >= 0.3 is 0 Å². The van der Waals surface area contributed by atoms with E-state index < -0.39 is 0 Å². The fourth-order valence-corrected chi connectivity index (χ4v) is 5.34. The van der Waals surface area contributed by atoms with Crippen LogP contribution < -0.4 is 5.32 Å². The van der Waals surface area contributed by atoms with Gasteiger partial charge in [-0.05, 0) is 49.0 Å². The molecule has 1 N–H and O–H groups in total. The smallest absolute Gasteiger partial charge is 0.220 e. The zero-order valence-corrected chi connectivity index (χ0v) is 14.3. The molecule has 0 bridgehead atoms. The average molecular weight is 348 g/mol.